The fourth-order valence-electron chi connectivity index (χ4n) is 1.42. The molecule has 0 saturated carbocycles. The van der Waals surface area contributed by atoms with Crippen molar-refractivity contribution < 1.29 is 14.2 Å². The summed E-state index contributed by atoms with van der Waals surface area (Å²) < 4.78 is 15.1. The summed E-state index contributed by atoms with van der Waals surface area (Å²) in [7, 11) is 0. The molecule has 2 saturated heterocycles. The lowest BCUT2D eigenvalue weighted by atomic mass is 10.0. The zero-order valence-corrected chi connectivity index (χ0v) is 11.6. The number of epoxide rings is 2. The Morgan fingerprint density at radius 2 is 1.65 bits per heavy atom. The van der Waals surface area contributed by atoms with E-state index in [1.807, 2.05) is 0 Å². The summed E-state index contributed by atoms with van der Waals surface area (Å²) in [5.74, 6) is 0.954. The van der Waals surface area contributed by atoms with Gasteiger partial charge in [0.25, 0.3) is 0 Å². The van der Waals surface area contributed by atoms with Crippen molar-refractivity contribution in [2.75, 3.05) is 26.4 Å². The fraction of sp³-hybridized carbons (Fsp3) is 1.00. The normalized spacial score (nSPS) is 27.0. The van der Waals surface area contributed by atoms with E-state index in [9.17, 15) is 0 Å². The largest absolute Gasteiger partial charge is 0.376 e. The maximum absolute atomic E-state index is 5.23. The predicted molar refractivity (Wildman–Crippen MR) is 69.3 cm³/mol. The van der Waals surface area contributed by atoms with Crippen molar-refractivity contribution in [1.82, 2.24) is 0 Å². The van der Waals surface area contributed by atoms with Crippen LogP contribution in [0.15, 0.2) is 0 Å². The standard InChI is InChI=1S/C8H18.C6H10O3/c1-4-6-7-8(3)5-2;1(5-3-8-5)7-2-6-4-9-6/h8H,4-7H2,1-3H3;5-6H,1-4H2. The van der Waals surface area contributed by atoms with Crippen molar-refractivity contribution in [3.63, 3.8) is 0 Å². The molecule has 3 unspecified atom stereocenters. The minimum Gasteiger partial charge on any atom is -0.376 e. The zero-order valence-electron chi connectivity index (χ0n) is 11.6. The second-order valence-corrected chi connectivity index (χ2v) is 5.10. The van der Waals surface area contributed by atoms with Crippen molar-refractivity contribution in [3.05, 3.63) is 0 Å². The van der Waals surface area contributed by atoms with E-state index in [0.29, 0.717) is 12.2 Å². The fourth-order valence-corrected chi connectivity index (χ4v) is 1.42. The van der Waals surface area contributed by atoms with Crippen molar-refractivity contribution in [2.45, 2.75) is 58.7 Å². The van der Waals surface area contributed by atoms with Crippen molar-refractivity contribution >= 4 is 0 Å². The van der Waals surface area contributed by atoms with Crippen LogP contribution in [0.2, 0.25) is 0 Å². The highest BCUT2D eigenvalue weighted by molar-refractivity contribution is 4.71. The third-order valence-electron chi connectivity index (χ3n) is 3.16. The quantitative estimate of drug-likeness (QED) is 0.615. The molecule has 17 heavy (non-hydrogen) atoms. The van der Waals surface area contributed by atoms with Gasteiger partial charge in [-0.1, -0.05) is 46.5 Å². The van der Waals surface area contributed by atoms with Gasteiger partial charge >= 0.3 is 0 Å². The van der Waals surface area contributed by atoms with Gasteiger partial charge in [0.1, 0.15) is 12.2 Å². The first-order chi connectivity index (χ1) is 8.26. The molecule has 102 valence electrons. The van der Waals surface area contributed by atoms with Gasteiger partial charge in [0.15, 0.2) is 0 Å². The Morgan fingerprint density at radius 3 is 2.00 bits per heavy atom. The highest BCUT2D eigenvalue weighted by Crippen LogP contribution is 2.12. The molecule has 0 aromatic carbocycles. The minimum absolute atomic E-state index is 0.392. The summed E-state index contributed by atoms with van der Waals surface area (Å²) in [4.78, 5) is 0. The number of hydrogen-bond donors (Lipinski definition) is 0. The first-order valence-corrected chi connectivity index (χ1v) is 7.07. The molecule has 2 aliphatic rings. The van der Waals surface area contributed by atoms with E-state index in [-0.39, 0.29) is 0 Å². The molecular weight excluding hydrogens is 216 g/mol. The molecule has 0 N–H and O–H groups in total. The van der Waals surface area contributed by atoms with Gasteiger partial charge < -0.3 is 14.2 Å². The molecule has 0 amide bonds. The van der Waals surface area contributed by atoms with Gasteiger partial charge in [-0.25, -0.2) is 0 Å². The van der Waals surface area contributed by atoms with E-state index < -0.39 is 0 Å². The number of hydrogen-bond acceptors (Lipinski definition) is 3. The average Bonchev–Trinajstić information content (AvgIpc) is 3.20. The maximum Gasteiger partial charge on any atom is 0.104 e. The van der Waals surface area contributed by atoms with Gasteiger partial charge in [-0.15, -0.1) is 0 Å². The lowest BCUT2D eigenvalue weighted by molar-refractivity contribution is 0.102. The second-order valence-electron chi connectivity index (χ2n) is 5.10. The molecule has 0 bridgehead atoms. The molecule has 0 aromatic rings. The summed E-state index contributed by atoms with van der Waals surface area (Å²) in [6, 6.07) is 0. The third kappa shape index (κ3) is 9.57. The molecule has 0 aromatic heterocycles. The third-order valence-corrected chi connectivity index (χ3v) is 3.16. The van der Waals surface area contributed by atoms with Gasteiger partial charge in [0.2, 0.25) is 0 Å². The van der Waals surface area contributed by atoms with Crippen molar-refractivity contribution in [3.8, 4) is 0 Å². The van der Waals surface area contributed by atoms with E-state index in [2.05, 4.69) is 20.8 Å². The minimum atomic E-state index is 0.392. The van der Waals surface area contributed by atoms with E-state index in [1.165, 1.54) is 25.7 Å². The lowest BCUT2D eigenvalue weighted by Crippen LogP contribution is -2.06. The lowest BCUT2D eigenvalue weighted by Gasteiger charge is -2.04. The topological polar surface area (TPSA) is 34.3 Å². The van der Waals surface area contributed by atoms with Crippen LogP contribution in [0.4, 0.5) is 0 Å². The Bertz CT molecular complexity index is 164. The van der Waals surface area contributed by atoms with Crippen LogP contribution in [-0.2, 0) is 14.2 Å². The zero-order chi connectivity index (χ0) is 12.5. The first-order valence-electron chi connectivity index (χ1n) is 7.07. The highest BCUT2D eigenvalue weighted by atomic mass is 16.6. The second kappa shape index (κ2) is 8.90. The van der Waals surface area contributed by atoms with Crippen molar-refractivity contribution in [1.29, 1.82) is 0 Å². The Balaban J connectivity index is 0.000000172. The maximum atomic E-state index is 5.23. The van der Waals surface area contributed by atoms with Crippen LogP contribution < -0.4 is 0 Å². The average molecular weight is 244 g/mol. The van der Waals surface area contributed by atoms with Crippen LogP contribution >= 0.6 is 0 Å². The summed E-state index contributed by atoms with van der Waals surface area (Å²) in [6.45, 7) is 10.1. The molecule has 0 aliphatic carbocycles. The summed E-state index contributed by atoms with van der Waals surface area (Å²) in [5.41, 5.74) is 0. The molecule has 0 spiro atoms. The molecule has 0 radical (unpaired) electrons. The van der Waals surface area contributed by atoms with Crippen LogP contribution in [0.1, 0.15) is 46.5 Å². The molecule has 2 aliphatic heterocycles. The molecule has 2 fully saturated rings. The number of ether oxygens (including phenoxy) is 3. The molecule has 2 heterocycles. The Hall–Kier alpha value is -0.120. The summed E-state index contributed by atoms with van der Waals surface area (Å²) >= 11 is 0. The van der Waals surface area contributed by atoms with Crippen molar-refractivity contribution in [2.24, 2.45) is 5.92 Å². The summed E-state index contributed by atoms with van der Waals surface area (Å²) in [5, 5.41) is 0. The molecule has 3 nitrogen and oxygen atoms in total. The Labute approximate surface area is 106 Å². The predicted octanol–water partition coefficient (Wildman–Crippen LogP) is 3.02. The van der Waals surface area contributed by atoms with Gasteiger partial charge in [0, 0.05) is 0 Å². The smallest absolute Gasteiger partial charge is 0.104 e. The van der Waals surface area contributed by atoms with Crippen LogP contribution in [0.5, 0.6) is 0 Å². The highest BCUT2D eigenvalue weighted by Gasteiger charge is 2.26. The Kier molecular flexibility index (Phi) is 7.82. The van der Waals surface area contributed by atoms with Gasteiger partial charge in [-0.2, -0.15) is 0 Å². The molecular formula is C14H28O3. The molecule has 2 rings (SSSR count). The van der Waals surface area contributed by atoms with E-state index in [4.69, 9.17) is 14.2 Å². The van der Waals surface area contributed by atoms with E-state index in [0.717, 1.165) is 32.3 Å². The molecule has 3 heteroatoms. The summed E-state index contributed by atoms with van der Waals surface area (Å²) in [6.07, 6.45) is 6.32. The monoisotopic (exact) mass is 244 g/mol. The van der Waals surface area contributed by atoms with Gasteiger partial charge in [0.05, 0.1) is 26.4 Å². The number of rotatable bonds is 8. The Morgan fingerprint density at radius 1 is 1.12 bits per heavy atom. The first kappa shape index (κ1) is 14.9. The van der Waals surface area contributed by atoms with E-state index >= 15 is 0 Å². The van der Waals surface area contributed by atoms with Crippen LogP contribution in [0.3, 0.4) is 0 Å². The van der Waals surface area contributed by atoms with Gasteiger partial charge in [-0.05, 0) is 5.92 Å². The van der Waals surface area contributed by atoms with Gasteiger partial charge in [-0.3, -0.25) is 0 Å². The molecule has 3 atom stereocenters. The van der Waals surface area contributed by atoms with Crippen LogP contribution in [0, 0.1) is 5.92 Å². The number of unbranched alkanes of at least 4 members (excludes halogenated alkanes) is 1. The van der Waals surface area contributed by atoms with E-state index in [1.54, 1.807) is 0 Å². The SMILES string of the molecule is C(OCC1CO1)C1CO1.CCCCC(C)CC. The van der Waals surface area contributed by atoms with Crippen LogP contribution in [0.25, 0.3) is 0 Å². The van der Waals surface area contributed by atoms with Crippen LogP contribution in [-0.4, -0.2) is 38.6 Å².